The molecular formula is C23H23N3O2. The smallest absolute Gasteiger partial charge is 0.253 e. The van der Waals surface area contributed by atoms with Crippen LogP contribution in [0.5, 0.6) is 0 Å². The monoisotopic (exact) mass is 373 g/mol. The van der Waals surface area contributed by atoms with E-state index in [-0.39, 0.29) is 11.8 Å². The molecule has 2 aliphatic heterocycles. The minimum Gasteiger partial charge on any atom is -0.361 e. The zero-order valence-electron chi connectivity index (χ0n) is 15.9. The maximum Gasteiger partial charge on any atom is 0.253 e. The molecule has 5 heteroatoms. The summed E-state index contributed by atoms with van der Waals surface area (Å²) in [7, 11) is 1.78. The van der Waals surface area contributed by atoms with Crippen molar-refractivity contribution in [2.75, 3.05) is 13.6 Å². The zero-order valence-corrected chi connectivity index (χ0v) is 15.9. The van der Waals surface area contributed by atoms with Crippen LogP contribution in [0, 0.1) is 0 Å². The van der Waals surface area contributed by atoms with E-state index < -0.39 is 11.6 Å². The Bertz CT molecular complexity index is 1060. The largest absolute Gasteiger partial charge is 0.361 e. The fraction of sp³-hybridized carbons (Fsp3) is 0.304. The van der Waals surface area contributed by atoms with Crippen LogP contribution in [0.4, 0.5) is 0 Å². The van der Waals surface area contributed by atoms with Gasteiger partial charge in [0.25, 0.3) is 5.91 Å². The standard InChI is InChI=1S/C23H23N3O2/c1-25-20(14-16-8-3-2-4-9-16)21(27)26-13-7-12-23(26,22(25)28)18-15-24-19-11-6-5-10-17(18)19/h2-6,8-11,15,20,24H,7,12-14H2,1H3/t20-,23-/m0/s1. The Morgan fingerprint density at radius 2 is 1.82 bits per heavy atom. The number of hydrogen-bond acceptors (Lipinski definition) is 2. The van der Waals surface area contributed by atoms with Gasteiger partial charge in [-0.3, -0.25) is 9.59 Å². The van der Waals surface area contributed by atoms with Gasteiger partial charge in [-0.15, -0.1) is 0 Å². The van der Waals surface area contributed by atoms with Crippen molar-refractivity contribution < 1.29 is 9.59 Å². The second-order valence-electron chi connectivity index (χ2n) is 7.82. The van der Waals surface area contributed by atoms with Crippen molar-refractivity contribution in [3.05, 3.63) is 71.9 Å². The zero-order chi connectivity index (χ0) is 19.3. The van der Waals surface area contributed by atoms with Crippen LogP contribution in [0.3, 0.4) is 0 Å². The van der Waals surface area contributed by atoms with Gasteiger partial charge in [-0.1, -0.05) is 48.5 Å². The lowest BCUT2D eigenvalue weighted by atomic mass is 9.82. The third kappa shape index (κ3) is 2.25. The van der Waals surface area contributed by atoms with Crippen LogP contribution in [-0.4, -0.2) is 46.2 Å². The number of nitrogens with zero attached hydrogens (tertiary/aromatic N) is 2. The van der Waals surface area contributed by atoms with Crippen LogP contribution in [0.15, 0.2) is 60.8 Å². The van der Waals surface area contributed by atoms with Crippen molar-refractivity contribution in [1.29, 1.82) is 0 Å². The highest BCUT2D eigenvalue weighted by Crippen LogP contribution is 2.46. The van der Waals surface area contributed by atoms with E-state index in [4.69, 9.17) is 0 Å². The first kappa shape index (κ1) is 17.0. The molecule has 2 aliphatic rings. The van der Waals surface area contributed by atoms with Gasteiger partial charge in [0.15, 0.2) is 0 Å². The molecule has 2 aromatic carbocycles. The number of amides is 2. The molecule has 142 valence electrons. The number of fused-ring (bicyclic) bond motifs is 2. The van der Waals surface area contributed by atoms with E-state index in [9.17, 15) is 9.59 Å². The summed E-state index contributed by atoms with van der Waals surface area (Å²) in [6.45, 7) is 0.628. The lowest BCUT2D eigenvalue weighted by molar-refractivity contribution is -0.166. The van der Waals surface area contributed by atoms with Crippen LogP contribution in [-0.2, 0) is 21.5 Å². The third-order valence-corrected chi connectivity index (χ3v) is 6.38. The van der Waals surface area contributed by atoms with Gasteiger partial charge in [0, 0.05) is 42.7 Å². The maximum atomic E-state index is 13.7. The van der Waals surface area contributed by atoms with E-state index in [2.05, 4.69) is 4.98 Å². The molecule has 2 atom stereocenters. The highest BCUT2D eigenvalue weighted by atomic mass is 16.2. The number of para-hydroxylation sites is 1. The van der Waals surface area contributed by atoms with Gasteiger partial charge < -0.3 is 14.8 Å². The molecule has 1 aromatic heterocycles. The highest BCUT2D eigenvalue weighted by Gasteiger charge is 2.58. The molecule has 3 aromatic rings. The Hall–Kier alpha value is -3.08. The number of likely N-dealkylation sites (N-methyl/N-ethyl adjacent to an activating group) is 1. The topological polar surface area (TPSA) is 56.4 Å². The highest BCUT2D eigenvalue weighted by molar-refractivity contribution is 6.03. The molecule has 0 bridgehead atoms. The summed E-state index contributed by atoms with van der Waals surface area (Å²) in [5.74, 6) is 0.0732. The number of carbonyl (C=O) groups excluding carboxylic acids is 2. The maximum absolute atomic E-state index is 13.7. The molecule has 0 saturated carbocycles. The van der Waals surface area contributed by atoms with E-state index in [0.29, 0.717) is 19.4 Å². The van der Waals surface area contributed by atoms with Crippen molar-refractivity contribution in [1.82, 2.24) is 14.8 Å². The third-order valence-electron chi connectivity index (χ3n) is 6.38. The Morgan fingerprint density at radius 3 is 2.64 bits per heavy atom. The summed E-state index contributed by atoms with van der Waals surface area (Å²) in [4.78, 5) is 34.1. The van der Waals surface area contributed by atoms with Crippen molar-refractivity contribution in [2.24, 2.45) is 0 Å². The SMILES string of the molecule is CN1C(=O)[C@@]2(c3c[nH]c4ccccc34)CCCN2C(=O)[C@@H]1Cc1ccccc1. The molecule has 0 radical (unpaired) electrons. The summed E-state index contributed by atoms with van der Waals surface area (Å²) < 4.78 is 0. The second kappa shape index (κ2) is 6.23. The Balaban J connectivity index is 1.59. The van der Waals surface area contributed by atoms with Gasteiger partial charge >= 0.3 is 0 Å². The summed E-state index contributed by atoms with van der Waals surface area (Å²) in [5, 5.41) is 1.02. The molecule has 2 fully saturated rings. The number of hydrogen-bond donors (Lipinski definition) is 1. The first-order valence-electron chi connectivity index (χ1n) is 9.82. The number of carbonyl (C=O) groups is 2. The minimum absolute atomic E-state index is 0.0234. The summed E-state index contributed by atoms with van der Waals surface area (Å²) in [6.07, 6.45) is 3.96. The van der Waals surface area contributed by atoms with Gasteiger partial charge in [-0.2, -0.15) is 0 Å². The summed E-state index contributed by atoms with van der Waals surface area (Å²) >= 11 is 0. The van der Waals surface area contributed by atoms with Gasteiger partial charge in [0.05, 0.1) is 0 Å². The van der Waals surface area contributed by atoms with Crippen molar-refractivity contribution in [2.45, 2.75) is 30.8 Å². The number of piperazine rings is 1. The predicted octanol–water partition coefficient (Wildman–Crippen LogP) is 3.07. The number of aromatic amines is 1. The van der Waals surface area contributed by atoms with Gasteiger partial charge in [0.1, 0.15) is 11.6 Å². The lowest BCUT2D eigenvalue weighted by Gasteiger charge is -2.48. The molecule has 0 aliphatic carbocycles. The number of nitrogens with one attached hydrogen (secondary N) is 1. The molecule has 2 saturated heterocycles. The van der Waals surface area contributed by atoms with E-state index >= 15 is 0 Å². The number of benzene rings is 2. The summed E-state index contributed by atoms with van der Waals surface area (Å²) in [5.41, 5.74) is 2.09. The first-order valence-corrected chi connectivity index (χ1v) is 9.82. The molecule has 3 heterocycles. The first-order chi connectivity index (χ1) is 13.6. The van der Waals surface area contributed by atoms with Crippen LogP contribution in [0.2, 0.25) is 0 Å². The molecule has 5 nitrogen and oxygen atoms in total. The molecule has 2 amide bonds. The molecular weight excluding hydrogens is 350 g/mol. The predicted molar refractivity (Wildman–Crippen MR) is 108 cm³/mol. The number of aromatic nitrogens is 1. The van der Waals surface area contributed by atoms with Crippen LogP contribution in [0.1, 0.15) is 24.0 Å². The molecule has 0 unspecified atom stereocenters. The van der Waals surface area contributed by atoms with Gasteiger partial charge in [-0.25, -0.2) is 0 Å². The average Bonchev–Trinajstić information content (AvgIpc) is 3.35. The van der Waals surface area contributed by atoms with Crippen LogP contribution in [0.25, 0.3) is 10.9 Å². The van der Waals surface area contributed by atoms with Crippen molar-refractivity contribution in [3.63, 3.8) is 0 Å². The van der Waals surface area contributed by atoms with Crippen LogP contribution < -0.4 is 0 Å². The summed E-state index contributed by atoms with van der Waals surface area (Å²) in [6, 6.07) is 17.5. The average molecular weight is 373 g/mol. The second-order valence-corrected chi connectivity index (χ2v) is 7.82. The van der Waals surface area contributed by atoms with E-state index in [0.717, 1.165) is 28.5 Å². The fourth-order valence-corrected chi connectivity index (χ4v) is 4.99. The normalized spacial score (nSPS) is 24.8. The van der Waals surface area contributed by atoms with Crippen molar-refractivity contribution >= 4 is 22.7 Å². The van der Waals surface area contributed by atoms with Crippen LogP contribution >= 0.6 is 0 Å². The van der Waals surface area contributed by atoms with E-state index in [1.54, 1.807) is 11.9 Å². The number of rotatable bonds is 3. The lowest BCUT2D eigenvalue weighted by Crippen LogP contribution is -2.67. The Kier molecular flexibility index (Phi) is 3.79. The Morgan fingerprint density at radius 1 is 1.07 bits per heavy atom. The van der Waals surface area contributed by atoms with Gasteiger partial charge in [-0.05, 0) is 24.5 Å². The van der Waals surface area contributed by atoms with Crippen molar-refractivity contribution in [3.8, 4) is 0 Å². The molecule has 0 spiro atoms. The molecule has 5 rings (SSSR count). The molecule has 28 heavy (non-hydrogen) atoms. The molecule has 1 N–H and O–H groups in total. The van der Waals surface area contributed by atoms with Gasteiger partial charge in [0.2, 0.25) is 5.91 Å². The number of H-pyrrole nitrogens is 1. The fourth-order valence-electron chi connectivity index (χ4n) is 4.99. The Labute approximate surface area is 163 Å². The minimum atomic E-state index is -0.890. The van der Waals surface area contributed by atoms with E-state index in [1.165, 1.54) is 0 Å². The van der Waals surface area contributed by atoms with E-state index in [1.807, 2.05) is 65.7 Å². The quantitative estimate of drug-likeness (QED) is 0.767.